The van der Waals surface area contributed by atoms with E-state index in [4.69, 9.17) is 23.2 Å². The zero-order valence-electron chi connectivity index (χ0n) is 17.4. The van der Waals surface area contributed by atoms with Crippen LogP contribution in [0.15, 0.2) is 24.3 Å². The maximum absolute atomic E-state index is 13.5. The van der Waals surface area contributed by atoms with Crippen LogP contribution in [0.2, 0.25) is 10.0 Å². The lowest BCUT2D eigenvalue weighted by molar-refractivity contribution is -0.160. The van der Waals surface area contributed by atoms with Crippen LogP contribution in [0.4, 0.5) is 0 Å². The minimum Gasteiger partial charge on any atom is -0.347 e. The van der Waals surface area contributed by atoms with Gasteiger partial charge in [0.15, 0.2) is 0 Å². The van der Waals surface area contributed by atoms with Gasteiger partial charge in [0.05, 0.1) is 6.04 Å². The van der Waals surface area contributed by atoms with E-state index in [-0.39, 0.29) is 23.3 Å². The van der Waals surface area contributed by atoms with E-state index >= 15 is 0 Å². The van der Waals surface area contributed by atoms with Gasteiger partial charge in [-0.15, -0.1) is 0 Å². The lowest BCUT2D eigenvalue weighted by Gasteiger charge is -2.50. The third-order valence-corrected chi connectivity index (χ3v) is 6.68. The number of nitrogens with zero attached hydrogens (tertiary/aromatic N) is 1. The number of rotatable bonds is 5. The Bertz CT molecular complexity index is 808. The molecule has 1 saturated heterocycles. The van der Waals surface area contributed by atoms with Crippen molar-refractivity contribution in [1.82, 2.24) is 10.2 Å². The molecule has 0 aromatic heterocycles. The van der Waals surface area contributed by atoms with Crippen LogP contribution in [0.25, 0.3) is 6.08 Å². The number of halogens is 2. The van der Waals surface area contributed by atoms with Crippen LogP contribution < -0.4 is 5.32 Å². The largest absolute Gasteiger partial charge is 0.347 e. The van der Waals surface area contributed by atoms with E-state index in [1.165, 1.54) is 0 Å². The van der Waals surface area contributed by atoms with Crippen LogP contribution in [0.3, 0.4) is 0 Å². The number of nitrogens with one attached hydrogen (secondary N) is 1. The van der Waals surface area contributed by atoms with Gasteiger partial charge < -0.3 is 10.2 Å². The zero-order chi connectivity index (χ0) is 21.2. The van der Waals surface area contributed by atoms with Crippen molar-refractivity contribution in [1.29, 1.82) is 0 Å². The first-order valence-electron chi connectivity index (χ1n) is 10.4. The highest BCUT2D eigenvalue weighted by molar-refractivity contribution is 6.35. The predicted molar refractivity (Wildman–Crippen MR) is 119 cm³/mol. The number of carbonyl (C=O) groups excluding carboxylic acids is 2. The summed E-state index contributed by atoms with van der Waals surface area (Å²) in [5.41, 5.74) is -0.0345. The summed E-state index contributed by atoms with van der Waals surface area (Å²) < 4.78 is 0. The van der Waals surface area contributed by atoms with E-state index < -0.39 is 5.54 Å². The Morgan fingerprint density at radius 3 is 2.41 bits per heavy atom. The molecule has 29 heavy (non-hydrogen) atoms. The maximum Gasteiger partial charge on any atom is 0.246 e. The van der Waals surface area contributed by atoms with E-state index in [1.807, 2.05) is 18.2 Å². The highest BCUT2D eigenvalue weighted by Crippen LogP contribution is 2.38. The van der Waals surface area contributed by atoms with Crippen LogP contribution in [0.5, 0.6) is 0 Å². The summed E-state index contributed by atoms with van der Waals surface area (Å²) in [6.45, 7) is 6.96. The second-order valence-corrected chi connectivity index (χ2v) is 10.1. The molecule has 158 valence electrons. The smallest absolute Gasteiger partial charge is 0.246 e. The van der Waals surface area contributed by atoms with E-state index in [2.05, 4.69) is 26.1 Å². The first kappa shape index (κ1) is 22.2. The van der Waals surface area contributed by atoms with Gasteiger partial charge >= 0.3 is 0 Å². The van der Waals surface area contributed by atoms with Crippen molar-refractivity contribution < 1.29 is 9.59 Å². The average Bonchev–Trinajstić information content (AvgIpc) is 2.64. The molecule has 1 atom stereocenters. The molecule has 1 unspecified atom stereocenters. The number of hydrogen-bond acceptors (Lipinski definition) is 2. The van der Waals surface area contributed by atoms with E-state index in [9.17, 15) is 9.59 Å². The molecule has 1 saturated carbocycles. The minimum atomic E-state index is -0.692. The average molecular weight is 437 g/mol. The predicted octanol–water partition coefficient (Wildman–Crippen LogP) is 5.47. The van der Waals surface area contributed by atoms with Gasteiger partial charge in [0.25, 0.3) is 0 Å². The molecule has 0 spiro atoms. The number of benzene rings is 1. The SMILES string of the molecule is CC(C)(C)C(/C=C/c1ccc(Cl)cc1Cl)NC(=O)C1(N2CCC2=O)CCCCC1. The van der Waals surface area contributed by atoms with Gasteiger partial charge in [0.2, 0.25) is 11.8 Å². The fourth-order valence-corrected chi connectivity index (χ4v) is 4.66. The third-order valence-electron chi connectivity index (χ3n) is 6.12. The highest BCUT2D eigenvalue weighted by Gasteiger charge is 2.50. The van der Waals surface area contributed by atoms with Crippen molar-refractivity contribution in [3.05, 3.63) is 39.9 Å². The Morgan fingerprint density at radius 1 is 1.21 bits per heavy atom. The van der Waals surface area contributed by atoms with Gasteiger partial charge in [-0.25, -0.2) is 0 Å². The molecule has 1 N–H and O–H groups in total. The first-order valence-corrected chi connectivity index (χ1v) is 11.1. The molecule has 4 nitrogen and oxygen atoms in total. The standard InChI is InChI=1S/C23H30Cl2N2O2/c1-22(2,3)19(10-8-16-7-9-17(24)15-18(16)25)26-21(29)23(12-5-4-6-13-23)27-14-11-20(27)28/h7-10,15,19H,4-6,11-14H2,1-3H3,(H,26,29)/b10-8+. The summed E-state index contributed by atoms with van der Waals surface area (Å²) in [6.07, 6.45) is 9.03. The molecule has 2 amide bonds. The Morgan fingerprint density at radius 2 is 1.90 bits per heavy atom. The quantitative estimate of drug-likeness (QED) is 0.621. The van der Waals surface area contributed by atoms with Crippen LogP contribution in [-0.2, 0) is 9.59 Å². The summed E-state index contributed by atoms with van der Waals surface area (Å²) >= 11 is 12.3. The van der Waals surface area contributed by atoms with Crippen molar-refractivity contribution in [3.8, 4) is 0 Å². The van der Waals surface area contributed by atoms with Gasteiger partial charge in [0, 0.05) is 23.0 Å². The van der Waals surface area contributed by atoms with Gasteiger partial charge in [0.1, 0.15) is 5.54 Å². The van der Waals surface area contributed by atoms with Crippen molar-refractivity contribution >= 4 is 41.1 Å². The molecule has 1 aliphatic carbocycles. The molecule has 1 aromatic rings. The van der Waals surface area contributed by atoms with Gasteiger partial charge in [-0.05, 0) is 36.0 Å². The molecule has 2 fully saturated rings. The Balaban J connectivity index is 1.83. The monoisotopic (exact) mass is 436 g/mol. The summed E-state index contributed by atoms with van der Waals surface area (Å²) in [5, 5.41) is 4.41. The second kappa shape index (κ2) is 8.69. The molecular formula is C23H30Cl2N2O2. The minimum absolute atomic E-state index is 0.0305. The first-order chi connectivity index (χ1) is 13.6. The Hall–Kier alpha value is -1.52. The van der Waals surface area contributed by atoms with Crippen LogP contribution >= 0.6 is 23.2 Å². The number of amides is 2. The molecule has 2 aliphatic rings. The van der Waals surface area contributed by atoms with E-state index in [1.54, 1.807) is 17.0 Å². The van der Waals surface area contributed by atoms with Gasteiger partial charge in [-0.2, -0.15) is 0 Å². The summed E-state index contributed by atoms with van der Waals surface area (Å²) in [4.78, 5) is 27.5. The number of β-lactam (4-membered cyclic amide) rings is 1. The maximum atomic E-state index is 13.5. The lowest BCUT2D eigenvalue weighted by Crippen LogP contribution is -2.67. The molecule has 3 rings (SSSR count). The Kier molecular flexibility index (Phi) is 6.64. The molecule has 1 aromatic carbocycles. The third kappa shape index (κ3) is 4.80. The molecule has 6 heteroatoms. The van der Waals surface area contributed by atoms with Gasteiger partial charge in [-0.1, -0.05) is 81.5 Å². The van der Waals surface area contributed by atoms with E-state index in [0.29, 0.717) is 23.0 Å². The van der Waals surface area contributed by atoms with E-state index in [0.717, 1.165) is 37.7 Å². The molecular weight excluding hydrogens is 407 g/mol. The van der Waals surface area contributed by atoms with Crippen molar-refractivity contribution in [2.45, 2.75) is 70.9 Å². The van der Waals surface area contributed by atoms with Crippen LogP contribution in [-0.4, -0.2) is 34.8 Å². The normalized spacial score (nSPS) is 20.4. The molecule has 1 aliphatic heterocycles. The molecule has 0 bridgehead atoms. The number of likely N-dealkylation sites (tertiary alicyclic amines) is 1. The fourth-order valence-electron chi connectivity index (χ4n) is 4.19. The van der Waals surface area contributed by atoms with Crippen molar-refractivity contribution in [2.24, 2.45) is 5.41 Å². The molecule has 1 heterocycles. The van der Waals surface area contributed by atoms with Crippen molar-refractivity contribution in [2.75, 3.05) is 6.54 Å². The number of hydrogen-bond donors (Lipinski definition) is 1. The summed E-state index contributed by atoms with van der Waals surface area (Å²) in [5.74, 6) is 0.0647. The van der Waals surface area contributed by atoms with Crippen molar-refractivity contribution in [3.63, 3.8) is 0 Å². The fraction of sp³-hybridized carbons (Fsp3) is 0.565. The highest BCUT2D eigenvalue weighted by atomic mass is 35.5. The lowest BCUT2D eigenvalue weighted by atomic mass is 9.76. The second-order valence-electron chi connectivity index (χ2n) is 9.23. The number of carbonyl (C=O) groups is 2. The molecule has 0 radical (unpaired) electrons. The van der Waals surface area contributed by atoms with Crippen LogP contribution in [0, 0.1) is 5.41 Å². The summed E-state index contributed by atoms with van der Waals surface area (Å²) in [7, 11) is 0. The van der Waals surface area contributed by atoms with Crippen LogP contribution in [0.1, 0.15) is 64.9 Å². The zero-order valence-corrected chi connectivity index (χ0v) is 18.9. The topological polar surface area (TPSA) is 49.4 Å². The summed E-state index contributed by atoms with van der Waals surface area (Å²) in [6, 6.07) is 5.17. The van der Waals surface area contributed by atoms with Gasteiger partial charge in [-0.3, -0.25) is 9.59 Å². The Labute approximate surface area is 183 Å².